The fraction of sp³-hybridized carbons (Fsp3) is 0.250. The molecular formula is C12H11N3O2S2. The van der Waals surface area contributed by atoms with E-state index in [0.29, 0.717) is 22.5 Å². The number of hydrogen-bond acceptors (Lipinski definition) is 4. The van der Waals surface area contributed by atoms with Crippen LogP contribution in [-0.2, 0) is 9.59 Å². The topological polar surface area (TPSA) is 74.0 Å². The van der Waals surface area contributed by atoms with Crippen molar-refractivity contribution in [1.29, 1.82) is 0 Å². The molecule has 1 aliphatic rings. The van der Waals surface area contributed by atoms with Crippen LogP contribution in [0, 0.1) is 3.95 Å². The predicted octanol–water partition coefficient (Wildman–Crippen LogP) is 2.18. The van der Waals surface area contributed by atoms with E-state index in [2.05, 4.69) is 15.6 Å². The first-order chi connectivity index (χ1) is 9.11. The van der Waals surface area contributed by atoms with E-state index in [1.807, 2.05) is 18.2 Å². The average Bonchev–Trinajstić information content (AvgIpc) is 2.93. The molecule has 7 heteroatoms. The number of H-pyrrole nitrogens is 1. The molecule has 1 saturated heterocycles. The van der Waals surface area contributed by atoms with Gasteiger partial charge in [-0.3, -0.25) is 9.59 Å². The number of carbonyl (C=O) groups excluding carboxylic acids is 2. The number of amides is 2. The highest BCUT2D eigenvalue weighted by Crippen LogP contribution is 2.23. The highest BCUT2D eigenvalue weighted by Gasteiger charge is 2.27. The number of hydrogen-bond donors (Lipinski definition) is 3. The Labute approximate surface area is 118 Å². The molecule has 1 aromatic carbocycles. The lowest BCUT2D eigenvalue weighted by Crippen LogP contribution is -2.37. The molecule has 1 fully saturated rings. The SMILES string of the molecule is O=C1CCC(C(=O)Nc2ccc3[nH]c(=S)sc3c2)N1. The molecule has 1 aromatic heterocycles. The number of aromatic nitrogens is 1. The summed E-state index contributed by atoms with van der Waals surface area (Å²) in [5, 5.41) is 5.45. The average molecular weight is 293 g/mol. The lowest BCUT2D eigenvalue weighted by atomic mass is 10.2. The second-order valence-corrected chi connectivity index (χ2v) is 6.09. The van der Waals surface area contributed by atoms with Gasteiger partial charge in [0.25, 0.3) is 0 Å². The Morgan fingerprint density at radius 2 is 2.32 bits per heavy atom. The van der Waals surface area contributed by atoms with Crippen LogP contribution in [0.25, 0.3) is 10.2 Å². The van der Waals surface area contributed by atoms with Crippen molar-refractivity contribution >= 4 is 51.3 Å². The smallest absolute Gasteiger partial charge is 0.246 e. The Hall–Kier alpha value is -1.73. The van der Waals surface area contributed by atoms with E-state index in [4.69, 9.17) is 12.2 Å². The molecular weight excluding hydrogens is 282 g/mol. The van der Waals surface area contributed by atoms with E-state index in [9.17, 15) is 9.59 Å². The minimum absolute atomic E-state index is 0.0702. The minimum Gasteiger partial charge on any atom is -0.344 e. The van der Waals surface area contributed by atoms with Gasteiger partial charge in [0.2, 0.25) is 11.8 Å². The molecule has 0 aliphatic carbocycles. The fourth-order valence-corrected chi connectivity index (χ4v) is 3.22. The van der Waals surface area contributed by atoms with Crippen molar-refractivity contribution in [2.75, 3.05) is 5.32 Å². The Balaban J connectivity index is 1.79. The maximum absolute atomic E-state index is 12.0. The Morgan fingerprint density at radius 1 is 1.47 bits per heavy atom. The van der Waals surface area contributed by atoms with Gasteiger partial charge in [-0.2, -0.15) is 0 Å². The number of anilines is 1. The Bertz CT molecular complexity index is 719. The molecule has 2 heterocycles. The standard InChI is InChI=1S/C12H11N3O2S2/c16-10-4-3-8(14-10)11(17)13-6-1-2-7-9(5-6)19-12(18)15-7/h1-2,5,8H,3-4H2,(H,13,17)(H,14,16)(H,15,18). The summed E-state index contributed by atoms with van der Waals surface area (Å²) in [6.45, 7) is 0. The number of rotatable bonds is 2. The molecule has 1 unspecified atom stereocenters. The summed E-state index contributed by atoms with van der Waals surface area (Å²) in [4.78, 5) is 26.1. The molecule has 19 heavy (non-hydrogen) atoms. The molecule has 0 radical (unpaired) electrons. The van der Waals surface area contributed by atoms with Gasteiger partial charge >= 0.3 is 0 Å². The van der Waals surface area contributed by atoms with Crippen LogP contribution in [0.4, 0.5) is 5.69 Å². The highest BCUT2D eigenvalue weighted by atomic mass is 32.1. The van der Waals surface area contributed by atoms with E-state index in [-0.39, 0.29) is 11.8 Å². The third-order valence-corrected chi connectivity index (χ3v) is 4.20. The first-order valence-corrected chi connectivity index (χ1v) is 7.07. The molecule has 98 valence electrons. The maximum atomic E-state index is 12.0. The first kappa shape index (κ1) is 12.3. The van der Waals surface area contributed by atoms with Crippen molar-refractivity contribution in [3.05, 3.63) is 22.2 Å². The number of aromatic amines is 1. The molecule has 0 saturated carbocycles. The van der Waals surface area contributed by atoms with Crippen LogP contribution in [0.1, 0.15) is 12.8 Å². The second kappa shape index (κ2) is 4.75. The van der Waals surface area contributed by atoms with Gasteiger partial charge in [0.15, 0.2) is 3.95 Å². The maximum Gasteiger partial charge on any atom is 0.246 e. The minimum atomic E-state index is -0.424. The molecule has 2 aromatic rings. The molecule has 3 N–H and O–H groups in total. The van der Waals surface area contributed by atoms with Gasteiger partial charge in [0, 0.05) is 12.1 Å². The molecule has 0 bridgehead atoms. The lowest BCUT2D eigenvalue weighted by Gasteiger charge is -2.10. The van der Waals surface area contributed by atoms with Crippen LogP contribution in [-0.4, -0.2) is 22.8 Å². The number of benzene rings is 1. The summed E-state index contributed by atoms with van der Waals surface area (Å²) in [5.41, 5.74) is 1.67. The zero-order chi connectivity index (χ0) is 13.4. The quantitative estimate of drug-likeness (QED) is 0.743. The van der Waals surface area contributed by atoms with Crippen LogP contribution >= 0.6 is 23.6 Å². The summed E-state index contributed by atoms with van der Waals surface area (Å²) in [6.07, 6.45) is 0.965. The van der Waals surface area contributed by atoms with Crippen molar-refractivity contribution in [1.82, 2.24) is 10.3 Å². The normalized spacial score (nSPS) is 18.5. The van der Waals surface area contributed by atoms with Gasteiger partial charge in [0.05, 0.1) is 10.2 Å². The van der Waals surface area contributed by atoms with Crippen LogP contribution in [0.2, 0.25) is 0 Å². The molecule has 5 nitrogen and oxygen atoms in total. The van der Waals surface area contributed by atoms with Crippen molar-refractivity contribution in [2.45, 2.75) is 18.9 Å². The summed E-state index contributed by atoms with van der Waals surface area (Å²) < 4.78 is 1.71. The van der Waals surface area contributed by atoms with E-state index in [1.165, 1.54) is 11.3 Å². The fourth-order valence-electron chi connectivity index (χ4n) is 2.06. The monoisotopic (exact) mass is 293 g/mol. The van der Waals surface area contributed by atoms with Crippen molar-refractivity contribution in [3.63, 3.8) is 0 Å². The third-order valence-electron chi connectivity index (χ3n) is 3.00. The van der Waals surface area contributed by atoms with Crippen LogP contribution in [0.3, 0.4) is 0 Å². The summed E-state index contributed by atoms with van der Waals surface area (Å²) in [7, 11) is 0. The van der Waals surface area contributed by atoms with Gasteiger partial charge in [-0.05, 0) is 36.8 Å². The van der Waals surface area contributed by atoms with E-state index in [1.54, 1.807) is 0 Å². The lowest BCUT2D eigenvalue weighted by molar-refractivity contribution is -0.122. The van der Waals surface area contributed by atoms with E-state index >= 15 is 0 Å². The van der Waals surface area contributed by atoms with Gasteiger partial charge in [-0.25, -0.2) is 0 Å². The van der Waals surface area contributed by atoms with E-state index < -0.39 is 6.04 Å². The zero-order valence-electron chi connectivity index (χ0n) is 9.86. The van der Waals surface area contributed by atoms with Crippen LogP contribution in [0.5, 0.6) is 0 Å². The third kappa shape index (κ3) is 2.52. The van der Waals surface area contributed by atoms with Gasteiger partial charge in [-0.1, -0.05) is 0 Å². The molecule has 1 atom stereocenters. The number of carbonyl (C=O) groups is 2. The van der Waals surface area contributed by atoms with Crippen LogP contribution in [0.15, 0.2) is 18.2 Å². The summed E-state index contributed by atoms with van der Waals surface area (Å²) >= 11 is 6.54. The molecule has 3 rings (SSSR count). The van der Waals surface area contributed by atoms with Gasteiger partial charge in [0.1, 0.15) is 6.04 Å². The van der Waals surface area contributed by atoms with Crippen molar-refractivity contribution in [3.8, 4) is 0 Å². The number of nitrogens with one attached hydrogen (secondary N) is 3. The van der Waals surface area contributed by atoms with E-state index in [0.717, 1.165) is 10.2 Å². The van der Waals surface area contributed by atoms with Crippen molar-refractivity contribution in [2.24, 2.45) is 0 Å². The number of thiazole rings is 1. The number of fused-ring (bicyclic) bond motifs is 1. The second-order valence-electron chi connectivity index (χ2n) is 4.37. The summed E-state index contributed by atoms with van der Waals surface area (Å²) in [5.74, 6) is -0.247. The Morgan fingerprint density at radius 3 is 3.05 bits per heavy atom. The first-order valence-electron chi connectivity index (χ1n) is 5.85. The largest absolute Gasteiger partial charge is 0.344 e. The molecule has 1 aliphatic heterocycles. The summed E-state index contributed by atoms with van der Waals surface area (Å²) in [6, 6.07) is 5.15. The highest BCUT2D eigenvalue weighted by molar-refractivity contribution is 7.73. The molecule has 2 amide bonds. The van der Waals surface area contributed by atoms with Gasteiger partial charge < -0.3 is 15.6 Å². The zero-order valence-corrected chi connectivity index (χ0v) is 11.5. The molecule has 0 spiro atoms. The van der Waals surface area contributed by atoms with Crippen LogP contribution < -0.4 is 10.6 Å². The Kier molecular flexibility index (Phi) is 3.08. The van der Waals surface area contributed by atoms with Crippen molar-refractivity contribution < 1.29 is 9.59 Å². The predicted molar refractivity (Wildman–Crippen MR) is 76.8 cm³/mol. The van der Waals surface area contributed by atoms with Gasteiger partial charge in [-0.15, -0.1) is 11.3 Å².